The van der Waals surface area contributed by atoms with Crippen LogP contribution in [0.25, 0.3) is 22.3 Å². The molecule has 1 nitrogen and oxygen atoms in total. The molecule has 0 aromatic heterocycles. The van der Waals surface area contributed by atoms with E-state index in [1.54, 1.807) is 0 Å². The average molecular weight is 396 g/mol. The largest absolute Gasteiger partial charge is 0.326 e. The third-order valence-electron chi connectivity index (χ3n) is 5.01. The molecular formula is C27H25NS. The summed E-state index contributed by atoms with van der Waals surface area (Å²) in [6.45, 7) is 4.28. The first-order chi connectivity index (χ1) is 14.1. The van der Waals surface area contributed by atoms with Crippen LogP contribution in [0.4, 0.5) is 11.4 Å². The third kappa shape index (κ3) is 4.08. The normalized spacial score (nSPS) is 11.3. The van der Waals surface area contributed by atoms with Crippen molar-refractivity contribution in [2.24, 2.45) is 0 Å². The standard InChI is InChI=1S/C27H25NS/c1-27(2,29)28(25-19-11-9-17-23(25)21-13-5-3-6-14-21)26-20-12-10-18-24(26)22-15-7-4-8-16-22/h3-20,29H,1-2H3. The van der Waals surface area contributed by atoms with Crippen LogP contribution >= 0.6 is 12.6 Å². The lowest BCUT2D eigenvalue weighted by Crippen LogP contribution is -2.36. The van der Waals surface area contributed by atoms with Crippen molar-refractivity contribution in [3.05, 3.63) is 109 Å². The molecule has 0 heterocycles. The molecule has 0 fully saturated rings. The summed E-state index contributed by atoms with van der Waals surface area (Å²) in [4.78, 5) is 1.93. The van der Waals surface area contributed by atoms with Crippen molar-refractivity contribution in [3.63, 3.8) is 0 Å². The maximum atomic E-state index is 5.02. The van der Waals surface area contributed by atoms with E-state index in [-0.39, 0.29) is 0 Å². The van der Waals surface area contributed by atoms with Crippen LogP contribution in [0.3, 0.4) is 0 Å². The number of anilines is 2. The SMILES string of the molecule is CC(C)(S)N(c1ccccc1-c1ccccc1)c1ccccc1-c1ccccc1. The van der Waals surface area contributed by atoms with Gasteiger partial charge in [0, 0.05) is 11.1 Å². The highest BCUT2D eigenvalue weighted by atomic mass is 32.1. The van der Waals surface area contributed by atoms with E-state index in [9.17, 15) is 0 Å². The van der Waals surface area contributed by atoms with Crippen molar-refractivity contribution < 1.29 is 0 Å². The van der Waals surface area contributed by atoms with Crippen molar-refractivity contribution >= 4 is 24.0 Å². The first-order valence-electron chi connectivity index (χ1n) is 9.87. The minimum Gasteiger partial charge on any atom is -0.326 e. The predicted molar refractivity (Wildman–Crippen MR) is 129 cm³/mol. The monoisotopic (exact) mass is 395 g/mol. The number of para-hydroxylation sites is 2. The fourth-order valence-electron chi connectivity index (χ4n) is 3.78. The quantitative estimate of drug-likeness (QED) is 0.266. The minimum absolute atomic E-state index is 0.407. The van der Waals surface area contributed by atoms with Crippen LogP contribution in [0.1, 0.15) is 13.8 Å². The molecule has 0 atom stereocenters. The molecule has 0 amide bonds. The molecule has 2 heteroatoms. The summed E-state index contributed by atoms with van der Waals surface area (Å²) in [5.74, 6) is 0. The topological polar surface area (TPSA) is 3.24 Å². The summed E-state index contributed by atoms with van der Waals surface area (Å²) >= 11 is 5.02. The van der Waals surface area contributed by atoms with Crippen LogP contribution in [-0.2, 0) is 0 Å². The molecule has 0 unspecified atom stereocenters. The summed E-state index contributed by atoms with van der Waals surface area (Å²) in [5, 5.41) is 0. The first kappa shape index (κ1) is 19.4. The zero-order valence-corrected chi connectivity index (χ0v) is 17.7. The van der Waals surface area contributed by atoms with E-state index in [1.165, 1.54) is 22.3 Å². The van der Waals surface area contributed by atoms with Crippen LogP contribution in [0.15, 0.2) is 109 Å². The molecule has 0 spiro atoms. The highest BCUT2D eigenvalue weighted by Gasteiger charge is 2.28. The summed E-state index contributed by atoms with van der Waals surface area (Å²) in [6.07, 6.45) is 0. The smallest absolute Gasteiger partial charge is 0.0824 e. The second kappa shape index (κ2) is 8.18. The summed E-state index contributed by atoms with van der Waals surface area (Å²) in [6, 6.07) is 38.2. The fourth-order valence-corrected chi connectivity index (χ4v) is 4.00. The second-order valence-electron chi connectivity index (χ2n) is 7.60. The Morgan fingerprint density at radius 3 is 1.24 bits per heavy atom. The van der Waals surface area contributed by atoms with Crippen LogP contribution < -0.4 is 4.90 Å². The fraction of sp³-hybridized carbons (Fsp3) is 0.111. The Kier molecular flexibility index (Phi) is 5.46. The van der Waals surface area contributed by atoms with Gasteiger partial charge in [-0.15, -0.1) is 0 Å². The summed E-state index contributed by atoms with van der Waals surface area (Å²) in [7, 11) is 0. The number of nitrogens with zero attached hydrogens (tertiary/aromatic N) is 1. The lowest BCUT2D eigenvalue weighted by Gasteiger charge is -2.39. The first-order valence-corrected chi connectivity index (χ1v) is 10.3. The highest BCUT2D eigenvalue weighted by molar-refractivity contribution is 7.81. The van der Waals surface area contributed by atoms with Gasteiger partial charge in [-0.3, -0.25) is 0 Å². The Morgan fingerprint density at radius 1 is 0.517 bits per heavy atom. The maximum absolute atomic E-state index is 5.02. The molecule has 0 N–H and O–H groups in total. The molecule has 0 bridgehead atoms. The number of hydrogen-bond donors (Lipinski definition) is 1. The number of thiol groups is 1. The van der Waals surface area contributed by atoms with E-state index >= 15 is 0 Å². The Bertz CT molecular complexity index is 999. The van der Waals surface area contributed by atoms with Gasteiger partial charge in [0.2, 0.25) is 0 Å². The molecule has 0 aliphatic carbocycles. The number of benzene rings is 4. The van der Waals surface area contributed by atoms with Gasteiger partial charge < -0.3 is 4.90 Å². The van der Waals surface area contributed by atoms with Crippen LogP contribution in [-0.4, -0.2) is 4.87 Å². The van der Waals surface area contributed by atoms with E-state index in [2.05, 4.69) is 128 Å². The van der Waals surface area contributed by atoms with Gasteiger partial charge in [0.05, 0.1) is 16.2 Å². The Hall–Kier alpha value is -2.97. The Balaban J connectivity index is 1.95. The van der Waals surface area contributed by atoms with Gasteiger partial charge in [0.25, 0.3) is 0 Å². The second-order valence-corrected chi connectivity index (χ2v) is 8.69. The molecule has 0 saturated carbocycles. The Morgan fingerprint density at radius 2 is 0.862 bits per heavy atom. The van der Waals surface area contributed by atoms with Gasteiger partial charge in [-0.05, 0) is 37.1 Å². The predicted octanol–water partition coefficient (Wildman–Crippen LogP) is 7.82. The summed E-state index contributed by atoms with van der Waals surface area (Å²) in [5.41, 5.74) is 7.06. The third-order valence-corrected chi connectivity index (χ3v) is 5.21. The minimum atomic E-state index is -0.407. The van der Waals surface area contributed by atoms with E-state index in [0.29, 0.717) is 0 Å². The lowest BCUT2D eigenvalue weighted by molar-refractivity contribution is 0.730. The number of rotatable bonds is 5. The molecule has 29 heavy (non-hydrogen) atoms. The molecule has 0 aliphatic rings. The molecule has 0 radical (unpaired) electrons. The maximum Gasteiger partial charge on any atom is 0.0824 e. The molecule has 4 rings (SSSR count). The van der Waals surface area contributed by atoms with Gasteiger partial charge in [0.1, 0.15) is 0 Å². The zero-order valence-electron chi connectivity index (χ0n) is 16.8. The molecule has 4 aromatic rings. The van der Waals surface area contributed by atoms with Crippen molar-refractivity contribution in [3.8, 4) is 22.3 Å². The number of hydrogen-bond acceptors (Lipinski definition) is 2. The molecular weight excluding hydrogens is 370 g/mol. The van der Waals surface area contributed by atoms with E-state index < -0.39 is 4.87 Å². The van der Waals surface area contributed by atoms with E-state index in [1.807, 2.05) is 0 Å². The lowest BCUT2D eigenvalue weighted by atomic mass is 9.98. The van der Waals surface area contributed by atoms with Gasteiger partial charge in [-0.1, -0.05) is 97.1 Å². The van der Waals surface area contributed by atoms with Gasteiger partial charge in [0.15, 0.2) is 0 Å². The van der Waals surface area contributed by atoms with Crippen LogP contribution in [0.2, 0.25) is 0 Å². The zero-order chi connectivity index (χ0) is 20.3. The van der Waals surface area contributed by atoms with Gasteiger partial charge in [-0.25, -0.2) is 0 Å². The van der Waals surface area contributed by atoms with Crippen LogP contribution in [0.5, 0.6) is 0 Å². The van der Waals surface area contributed by atoms with Crippen molar-refractivity contribution in [1.82, 2.24) is 0 Å². The average Bonchev–Trinajstić information content (AvgIpc) is 2.75. The van der Waals surface area contributed by atoms with E-state index in [0.717, 1.165) is 11.4 Å². The van der Waals surface area contributed by atoms with Gasteiger partial charge in [-0.2, -0.15) is 12.6 Å². The van der Waals surface area contributed by atoms with Crippen molar-refractivity contribution in [2.45, 2.75) is 18.7 Å². The van der Waals surface area contributed by atoms with E-state index in [4.69, 9.17) is 12.6 Å². The molecule has 4 aromatic carbocycles. The van der Waals surface area contributed by atoms with Crippen LogP contribution in [0, 0.1) is 0 Å². The molecule has 144 valence electrons. The van der Waals surface area contributed by atoms with Crippen molar-refractivity contribution in [1.29, 1.82) is 0 Å². The Labute approximate surface area is 179 Å². The summed E-state index contributed by atoms with van der Waals surface area (Å²) < 4.78 is 0. The molecule has 0 aliphatic heterocycles. The van der Waals surface area contributed by atoms with Crippen molar-refractivity contribution in [2.75, 3.05) is 4.90 Å². The highest BCUT2D eigenvalue weighted by Crippen LogP contribution is 2.44. The molecule has 0 saturated heterocycles. The van der Waals surface area contributed by atoms with Gasteiger partial charge >= 0.3 is 0 Å².